The molecule has 2 aliphatic heterocycles. The second-order valence-corrected chi connectivity index (χ2v) is 8.63. The smallest absolute Gasteiger partial charge is 0.319 e. The molecule has 0 radical (unpaired) electrons. The molecular formula is C26H23N3O4. The number of amides is 4. The van der Waals surface area contributed by atoms with Crippen molar-refractivity contribution in [3.8, 4) is 0 Å². The third kappa shape index (κ3) is 3.55. The molecule has 4 amide bonds. The Morgan fingerprint density at radius 2 is 1.70 bits per heavy atom. The number of benzene rings is 3. The summed E-state index contributed by atoms with van der Waals surface area (Å²) in [6.07, 6.45) is 1.35. The van der Waals surface area contributed by atoms with E-state index in [2.05, 4.69) is 5.32 Å². The molecule has 0 bridgehead atoms. The monoisotopic (exact) mass is 441 g/mol. The fourth-order valence-corrected chi connectivity index (χ4v) is 4.52. The molecule has 33 heavy (non-hydrogen) atoms. The van der Waals surface area contributed by atoms with Crippen LogP contribution in [0.4, 0.5) is 10.5 Å². The largest absolute Gasteiger partial charge is 0.325 e. The molecule has 3 aromatic carbocycles. The number of nitrogens with zero attached hydrogens (tertiary/aromatic N) is 2. The van der Waals surface area contributed by atoms with E-state index in [-0.39, 0.29) is 18.2 Å². The van der Waals surface area contributed by atoms with Gasteiger partial charge in [0, 0.05) is 24.2 Å². The number of anilines is 1. The molecular weight excluding hydrogens is 418 g/mol. The number of carbonyl (C=O) groups excluding carboxylic acids is 4. The van der Waals surface area contributed by atoms with Crippen molar-refractivity contribution in [3.63, 3.8) is 0 Å². The van der Waals surface area contributed by atoms with Crippen molar-refractivity contribution in [2.45, 2.75) is 25.3 Å². The van der Waals surface area contributed by atoms with Crippen molar-refractivity contribution in [1.82, 2.24) is 10.2 Å². The molecule has 2 fully saturated rings. The summed E-state index contributed by atoms with van der Waals surface area (Å²) in [6.45, 7) is 1.97. The van der Waals surface area contributed by atoms with Crippen molar-refractivity contribution < 1.29 is 19.2 Å². The van der Waals surface area contributed by atoms with Crippen molar-refractivity contribution >= 4 is 40.1 Å². The minimum Gasteiger partial charge on any atom is -0.319 e. The van der Waals surface area contributed by atoms with E-state index in [0.717, 1.165) is 27.8 Å². The lowest BCUT2D eigenvalue weighted by atomic mass is 9.90. The molecule has 0 aromatic heterocycles. The van der Waals surface area contributed by atoms with Gasteiger partial charge < -0.3 is 10.2 Å². The maximum absolute atomic E-state index is 13.3. The van der Waals surface area contributed by atoms with Crippen LogP contribution in [0.25, 0.3) is 10.8 Å². The first-order valence-electron chi connectivity index (χ1n) is 10.9. The van der Waals surface area contributed by atoms with E-state index in [1.54, 1.807) is 36.1 Å². The van der Waals surface area contributed by atoms with Gasteiger partial charge in [0.2, 0.25) is 5.91 Å². The van der Waals surface area contributed by atoms with E-state index in [1.807, 2.05) is 42.5 Å². The van der Waals surface area contributed by atoms with E-state index >= 15 is 0 Å². The summed E-state index contributed by atoms with van der Waals surface area (Å²) in [5.41, 5.74) is 0.536. The first-order chi connectivity index (χ1) is 15.9. The second kappa shape index (κ2) is 7.85. The van der Waals surface area contributed by atoms with Crippen molar-refractivity contribution in [1.29, 1.82) is 0 Å². The first-order valence-corrected chi connectivity index (χ1v) is 10.9. The average Bonchev–Trinajstić information content (AvgIpc) is 3.35. The highest BCUT2D eigenvalue weighted by Gasteiger charge is 2.49. The first kappa shape index (κ1) is 20.9. The molecule has 0 saturated carbocycles. The number of nitrogens with one attached hydrogen (secondary N) is 1. The number of fused-ring (bicyclic) bond motifs is 1. The van der Waals surface area contributed by atoms with Gasteiger partial charge in [-0.3, -0.25) is 19.3 Å². The van der Waals surface area contributed by atoms with Crippen LogP contribution in [0.15, 0.2) is 66.7 Å². The van der Waals surface area contributed by atoms with Crippen LogP contribution in [0.2, 0.25) is 0 Å². The third-order valence-electron chi connectivity index (χ3n) is 6.48. The number of Topliss-reactive ketones (excluding diaryl/α,β-unsaturated/α-hetero) is 1. The molecule has 1 atom stereocenters. The van der Waals surface area contributed by atoms with Gasteiger partial charge in [-0.1, -0.05) is 36.4 Å². The van der Waals surface area contributed by atoms with Crippen LogP contribution in [0.1, 0.15) is 35.7 Å². The fourth-order valence-electron chi connectivity index (χ4n) is 4.52. The fraction of sp³-hybridized carbons (Fsp3) is 0.231. The molecule has 2 heterocycles. The lowest BCUT2D eigenvalue weighted by Crippen LogP contribution is -2.41. The Morgan fingerprint density at radius 3 is 2.39 bits per heavy atom. The molecule has 2 aliphatic rings. The molecule has 7 heteroatoms. The molecule has 7 nitrogen and oxygen atoms in total. The molecule has 166 valence electrons. The zero-order valence-electron chi connectivity index (χ0n) is 18.2. The van der Waals surface area contributed by atoms with E-state index in [1.165, 1.54) is 0 Å². The molecule has 1 N–H and O–H groups in total. The zero-order chi connectivity index (χ0) is 23.2. The van der Waals surface area contributed by atoms with Crippen molar-refractivity contribution in [3.05, 3.63) is 77.9 Å². The van der Waals surface area contributed by atoms with Crippen LogP contribution in [0.5, 0.6) is 0 Å². The predicted octanol–water partition coefficient (Wildman–Crippen LogP) is 3.62. The second-order valence-electron chi connectivity index (χ2n) is 8.63. The number of carbonyl (C=O) groups is 4. The van der Waals surface area contributed by atoms with Gasteiger partial charge in [0.25, 0.3) is 5.91 Å². The highest BCUT2D eigenvalue weighted by atomic mass is 16.2. The Bertz CT molecular complexity index is 1300. The minimum absolute atomic E-state index is 0.0707. The topological polar surface area (TPSA) is 86.8 Å². The number of ketones is 1. The minimum atomic E-state index is -1.25. The summed E-state index contributed by atoms with van der Waals surface area (Å²) in [4.78, 5) is 53.4. The van der Waals surface area contributed by atoms with Crippen molar-refractivity contribution in [2.24, 2.45) is 0 Å². The predicted molar refractivity (Wildman–Crippen MR) is 124 cm³/mol. The molecule has 0 spiro atoms. The van der Waals surface area contributed by atoms with Gasteiger partial charge in [-0.25, -0.2) is 4.79 Å². The summed E-state index contributed by atoms with van der Waals surface area (Å²) < 4.78 is 0. The summed E-state index contributed by atoms with van der Waals surface area (Å²) in [7, 11) is 0. The van der Waals surface area contributed by atoms with Crippen LogP contribution in [-0.4, -0.2) is 41.6 Å². The van der Waals surface area contributed by atoms with E-state index in [9.17, 15) is 19.2 Å². The van der Waals surface area contributed by atoms with E-state index < -0.39 is 17.5 Å². The van der Waals surface area contributed by atoms with Gasteiger partial charge in [0.15, 0.2) is 5.78 Å². The van der Waals surface area contributed by atoms with E-state index in [4.69, 9.17) is 0 Å². The average molecular weight is 441 g/mol. The van der Waals surface area contributed by atoms with Crippen molar-refractivity contribution in [2.75, 3.05) is 18.0 Å². The lowest BCUT2D eigenvalue weighted by Gasteiger charge is -2.22. The number of imide groups is 1. The highest BCUT2D eigenvalue weighted by molar-refractivity contribution is 6.11. The summed E-state index contributed by atoms with van der Waals surface area (Å²) >= 11 is 0. The van der Waals surface area contributed by atoms with Gasteiger partial charge >= 0.3 is 6.03 Å². The zero-order valence-corrected chi connectivity index (χ0v) is 18.2. The number of urea groups is 1. The Balaban J connectivity index is 1.34. The SMILES string of the molecule is C[C@]1(c2ccc3ccccc3c2)NC(=O)N(CC(=O)c2ccc(N3CCCC3=O)cc2)C1=O. The number of rotatable bonds is 5. The van der Waals surface area contributed by atoms with Crippen LogP contribution in [-0.2, 0) is 15.1 Å². The van der Waals surface area contributed by atoms with Gasteiger partial charge in [-0.05, 0) is 60.0 Å². The molecule has 0 unspecified atom stereocenters. The lowest BCUT2D eigenvalue weighted by molar-refractivity contribution is -0.130. The third-order valence-corrected chi connectivity index (χ3v) is 6.48. The number of hydrogen-bond acceptors (Lipinski definition) is 4. The summed E-state index contributed by atoms with van der Waals surface area (Å²) in [5.74, 6) is -0.739. The maximum Gasteiger partial charge on any atom is 0.325 e. The summed E-state index contributed by atoms with van der Waals surface area (Å²) in [5, 5.41) is 4.76. The molecule has 3 aromatic rings. The van der Waals surface area contributed by atoms with Crippen LogP contribution >= 0.6 is 0 Å². The van der Waals surface area contributed by atoms with Gasteiger partial charge in [0.05, 0.1) is 6.54 Å². The number of hydrogen-bond donors (Lipinski definition) is 1. The summed E-state index contributed by atoms with van der Waals surface area (Å²) in [6, 6.07) is 19.5. The highest BCUT2D eigenvalue weighted by Crippen LogP contribution is 2.31. The van der Waals surface area contributed by atoms with Gasteiger partial charge in [-0.2, -0.15) is 0 Å². The molecule has 0 aliphatic carbocycles. The van der Waals surface area contributed by atoms with Crippen LogP contribution < -0.4 is 10.2 Å². The van der Waals surface area contributed by atoms with Crippen LogP contribution in [0, 0.1) is 0 Å². The van der Waals surface area contributed by atoms with Crippen LogP contribution in [0.3, 0.4) is 0 Å². The standard InChI is InChI=1S/C26H23N3O4/c1-26(20-11-8-17-5-2-3-6-19(17)15-20)24(32)29(25(33)27-26)16-22(30)18-9-12-21(13-10-18)28-14-4-7-23(28)31/h2-3,5-6,8-13,15H,4,7,14,16H2,1H3,(H,27,33)/t26-/m1/s1. The normalized spacial score (nSPS) is 20.6. The quantitative estimate of drug-likeness (QED) is 0.484. The van der Waals surface area contributed by atoms with E-state index in [0.29, 0.717) is 24.1 Å². The maximum atomic E-state index is 13.3. The molecule has 2 saturated heterocycles. The Kier molecular flexibility index (Phi) is 4.96. The Morgan fingerprint density at radius 1 is 0.970 bits per heavy atom. The van der Waals surface area contributed by atoms with Gasteiger partial charge in [-0.15, -0.1) is 0 Å². The Labute approximate surface area is 191 Å². The Hall–Kier alpha value is -4.00. The van der Waals surface area contributed by atoms with Gasteiger partial charge in [0.1, 0.15) is 5.54 Å². The molecule has 5 rings (SSSR count).